The van der Waals surface area contributed by atoms with Crippen LogP contribution in [0.2, 0.25) is 0 Å². The van der Waals surface area contributed by atoms with Crippen LogP contribution in [0.1, 0.15) is 54.7 Å². The lowest BCUT2D eigenvalue weighted by molar-refractivity contribution is -0.164. The summed E-state index contributed by atoms with van der Waals surface area (Å²) in [7, 11) is 1.41. The minimum absolute atomic E-state index is 0.432. The molecule has 0 radical (unpaired) electrons. The second kappa shape index (κ2) is 11.3. The van der Waals surface area contributed by atoms with Gasteiger partial charge in [-0.15, -0.1) is 0 Å². The van der Waals surface area contributed by atoms with Gasteiger partial charge in [-0.25, -0.2) is 9.78 Å². The van der Waals surface area contributed by atoms with E-state index < -0.39 is 17.7 Å². The van der Waals surface area contributed by atoms with Gasteiger partial charge in [-0.05, 0) is 74.7 Å². The fourth-order valence-corrected chi connectivity index (χ4v) is 5.58. The monoisotopic (exact) mass is 546 g/mol. The summed E-state index contributed by atoms with van der Waals surface area (Å²) in [5.74, 6) is 0.373. The molecule has 0 fully saturated rings. The van der Waals surface area contributed by atoms with Crippen LogP contribution >= 0.6 is 0 Å². The van der Waals surface area contributed by atoms with E-state index in [2.05, 4.69) is 73.8 Å². The maximum Gasteiger partial charge on any atom is 0.339 e. The number of methoxy groups -OCH3 is 1. The third-order valence-corrected chi connectivity index (χ3v) is 7.48. The first-order valence-corrected chi connectivity index (χ1v) is 14.0. The second-order valence-corrected chi connectivity index (χ2v) is 11.6. The Kier molecular flexibility index (Phi) is 7.83. The number of benzene rings is 4. The lowest BCUT2D eigenvalue weighted by Crippen LogP contribution is -2.29. The zero-order valence-corrected chi connectivity index (χ0v) is 25.0. The van der Waals surface area contributed by atoms with Crippen molar-refractivity contribution in [1.82, 2.24) is 4.98 Å². The van der Waals surface area contributed by atoms with Crippen molar-refractivity contribution in [3.63, 3.8) is 0 Å². The van der Waals surface area contributed by atoms with Gasteiger partial charge in [-0.3, -0.25) is 0 Å². The quantitative estimate of drug-likeness (QED) is 0.164. The number of carbonyl (C=O) groups excluding carboxylic acids is 1. The Labute approximate surface area is 242 Å². The molecular formula is C36H38N2O3. The molecule has 0 saturated carbocycles. The number of rotatable bonds is 7. The number of nitrogens with zero attached hydrogens (tertiary/aromatic N) is 1. The van der Waals surface area contributed by atoms with Gasteiger partial charge < -0.3 is 14.8 Å². The molecule has 1 heterocycles. The summed E-state index contributed by atoms with van der Waals surface area (Å²) in [6, 6.07) is 27.1. The molecule has 0 bridgehead atoms. The van der Waals surface area contributed by atoms with Crippen LogP contribution in [0.3, 0.4) is 0 Å². The zero-order chi connectivity index (χ0) is 29.3. The van der Waals surface area contributed by atoms with Crippen molar-refractivity contribution in [1.29, 1.82) is 0 Å². The SMILES string of the molecule is COC(=O)[C@@H](OC(C)(C)C)c1c(-c2ccc(C)cc2)c(C)c2c(nc(NCc3ccccc3)c3ccccc32)c1C. The molecule has 0 unspecified atom stereocenters. The number of pyridine rings is 1. The Hall–Kier alpha value is -4.22. The van der Waals surface area contributed by atoms with Crippen molar-refractivity contribution in [2.45, 2.75) is 59.8 Å². The maximum atomic E-state index is 13.4. The van der Waals surface area contributed by atoms with Gasteiger partial charge in [0, 0.05) is 22.9 Å². The highest BCUT2D eigenvalue weighted by Gasteiger charge is 2.34. The summed E-state index contributed by atoms with van der Waals surface area (Å²) in [6.45, 7) is 12.7. The van der Waals surface area contributed by atoms with E-state index in [0.29, 0.717) is 6.54 Å². The van der Waals surface area contributed by atoms with E-state index in [1.807, 2.05) is 52.0 Å². The lowest BCUT2D eigenvalue weighted by atomic mass is 9.84. The van der Waals surface area contributed by atoms with E-state index in [0.717, 1.165) is 55.3 Å². The van der Waals surface area contributed by atoms with Crippen molar-refractivity contribution in [3.05, 3.63) is 107 Å². The number of aromatic nitrogens is 1. The average Bonchev–Trinajstić information content (AvgIpc) is 2.96. The second-order valence-electron chi connectivity index (χ2n) is 11.6. The number of carbonyl (C=O) groups is 1. The van der Waals surface area contributed by atoms with Gasteiger partial charge >= 0.3 is 5.97 Å². The molecule has 210 valence electrons. The molecule has 0 aliphatic heterocycles. The third kappa shape index (κ3) is 5.68. The van der Waals surface area contributed by atoms with Crippen molar-refractivity contribution in [2.75, 3.05) is 12.4 Å². The molecule has 0 spiro atoms. The van der Waals surface area contributed by atoms with Crippen molar-refractivity contribution < 1.29 is 14.3 Å². The molecule has 0 aliphatic rings. The topological polar surface area (TPSA) is 60.5 Å². The van der Waals surface area contributed by atoms with Crippen LogP contribution in [0.25, 0.3) is 32.8 Å². The molecule has 1 aromatic heterocycles. The summed E-state index contributed by atoms with van der Waals surface area (Å²) in [4.78, 5) is 18.6. The molecule has 1 N–H and O–H groups in total. The summed E-state index contributed by atoms with van der Waals surface area (Å²) in [5.41, 5.74) is 7.34. The molecule has 0 aliphatic carbocycles. The number of hydrogen-bond acceptors (Lipinski definition) is 5. The van der Waals surface area contributed by atoms with Gasteiger partial charge in [-0.1, -0.05) is 84.4 Å². The minimum atomic E-state index is -0.923. The number of anilines is 1. The van der Waals surface area contributed by atoms with E-state index in [9.17, 15) is 4.79 Å². The summed E-state index contributed by atoms with van der Waals surface area (Å²) in [5, 5.41) is 6.82. The van der Waals surface area contributed by atoms with Gasteiger partial charge in [0.25, 0.3) is 0 Å². The van der Waals surface area contributed by atoms with Gasteiger partial charge in [-0.2, -0.15) is 0 Å². The Morgan fingerprint density at radius 2 is 1.49 bits per heavy atom. The number of esters is 1. The van der Waals surface area contributed by atoms with E-state index in [4.69, 9.17) is 14.5 Å². The number of nitrogens with one attached hydrogen (secondary N) is 1. The molecule has 4 aromatic carbocycles. The highest BCUT2D eigenvalue weighted by Crippen LogP contribution is 2.44. The first kappa shape index (κ1) is 28.3. The van der Waals surface area contributed by atoms with Crippen LogP contribution in [0, 0.1) is 20.8 Å². The molecule has 0 amide bonds. The Bertz CT molecular complexity index is 1720. The van der Waals surface area contributed by atoms with Crippen LogP contribution in [0.15, 0.2) is 78.9 Å². The van der Waals surface area contributed by atoms with Crippen molar-refractivity contribution in [3.8, 4) is 11.1 Å². The van der Waals surface area contributed by atoms with E-state index >= 15 is 0 Å². The van der Waals surface area contributed by atoms with Crippen LogP contribution in [0.5, 0.6) is 0 Å². The van der Waals surface area contributed by atoms with Crippen molar-refractivity contribution in [2.24, 2.45) is 0 Å². The first-order valence-electron chi connectivity index (χ1n) is 14.0. The number of aryl methyl sites for hydroxylation is 3. The number of ether oxygens (including phenoxy) is 2. The largest absolute Gasteiger partial charge is 0.467 e. The van der Waals surface area contributed by atoms with E-state index in [1.54, 1.807) is 0 Å². The zero-order valence-electron chi connectivity index (χ0n) is 25.0. The van der Waals surface area contributed by atoms with Crippen molar-refractivity contribution >= 4 is 33.5 Å². The van der Waals surface area contributed by atoms with Crippen LogP contribution < -0.4 is 5.32 Å². The number of fused-ring (bicyclic) bond motifs is 3. The molecule has 5 aromatic rings. The normalized spacial score (nSPS) is 12.5. The Morgan fingerprint density at radius 3 is 2.12 bits per heavy atom. The Morgan fingerprint density at radius 1 is 0.854 bits per heavy atom. The standard InChI is InChI=1S/C36H38N2O3/c1-22-17-19-26(20-18-22)29-23(2)30-27-15-11-12-16-28(27)34(37-21-25-13-9-8-10-14-25)38-32(30)24(3)31(29)33(35(39)40-7)41-36(4,5)6/h8-20,33H,21H2,1-7H3,(H,37,38)/t33-/m0/s1. The fourth-order valence-electron chi connectivity index (χ4n) is 5.58. The van der Waals surface area contributed by atoms with Gasteiger partial charge in [0.05, 0.1) is 18.2 Å². The summed E-state index contributed by atoms with van der Waals surface area (Å²) in [6.07, 6.45) is -0.923. The predicted molar refractivity (Wildman–Crippen MR) is 168 cm³/mol. The minimum Gasteiger partial charge on any atom is -0.467 e. The lowest BCUT2D eigenvalue weighted by Gasteiger charge is -2.30. The summed E-state index contributed by atoms with van der Waals surface area (Å²) >= 11 is 0. The Balaban J connectivity index is 1.85. The molecule has 5 heteroatoms. The third-order valence-electron chi connectivity index (χ3n) is 7.48. The molecule has 5 nitrogen and oxygen atoms in total. The number of hydrogen-bond donors (Lipinski definition) is 1. The smallest absolute Gasteiger partial charge is 0.339 e. The molecule has 41 heavy (non-hydrogen) atoms. The van der Waals surface area contributed by atoms with Crippen LogP contribution in [0.4, 0.5) is 5.82 Å². The van der Waals surface area contributed by atoms with Crippen LogP contribution in [-0.4, -0.2) is 23.7 Å². The first-order chi connectivity index (χ1) is 19.6. The summed E-state index contributed by atoms with van der Waals surface area (Å²) < 4.78 is 11.8. The highest BCUT2D eigenvalue weighted by atomic mass is 16.6. The van der Waals surface area contributed by atoms with E-state index in [-0.39, 0.29) is 0 Å². The van der Waals surface area contributed by atoms with E-state index in [1.165, 1.54) is 18.2 Å². The molecule has 0 saturated heterocycles. The predicted octanol–water partition coefficient (Wildman–Crippen LogP) is 8.62. The van der Waals surface area contributed by atoms with Gasteiger partial charge in [0.15, 0.2) is 6.10 Å². The molecule has 5 rings (SSSR count). The highest BCUT2D eigenvalue weighted by molar-refractivity contribution is 6.14. The average molecular weight is 547 g/mol. The maximum absolute atomic E-state index is 13.4. The molecular weight excluding hydrogens is 508 g/mol. The van der Waals surface area contributed by atoms with Gasteiger partial charge in [0.1, 0.15) is 5.82 Å². The fraction of sp³-hybridized carbons (Fsp3) is 0.278. The van der Waals surface area contributed by atoms with Gasteiger partial charge in [0.2, 0.25) is 0 Å². The van der Waals surface area contributed by atoms with Crippen LogP contribution in [-0.2, 0) is 20.8 Å². The molecule has 1 atom stereocenters.